The van der Waals surface area contributed by atoms with E-state index < -0.39 is 12.2 Å². The average molecular weight is 225 g/mol. The molecule has 0 spiro atoms. The molecule has 0 saturated carbocycles. The Kier molecular flexibility index (Phi) is 3.21. The molecule has 16 heavy (non-hydrogen) atoms. The van der Waals surface area contributed by atoms with Crippen LogP contribution < -0.4 is 9.64 Å². The van der Waals surface area contributed by atoms with E-state index in [4.69, 9.17) is 4.74 Å². The predicted octanol–water partition coefficient (Wildman–Crippen LogP) is -0.583. The van der Waals surface area contributed by atoms with E-state index >= 15 is 0 Å². The SMILES string of the molecule is CCOc1cc(N2CC(O)C(O)C2)ncn1. The van der Waals surface area contributed by atoms with Crippen molar-refractivity contribution < 1.29 is 14.9 Å². The standard InChI is InChI=1S/C10H15N3O3/c1-2-16-10-3-9(11-6-12-10)13-4-7(14)8(15)5-13/h3,6-8,14-15H,2,4-5H2,1H3. The first kappa shape index (κ1) is 11.1. The lowest BCUT2D eigenvalue weighted by Gasteiger charge is -2.16. The highest BCUT2D eigenvalue weighted by Gasteiger charge is 2.30. The summed E-state index contributed by atoms with van der Waals surface area (Å²) >= 11 is 0. The van der Waals surface area contributed by atoms with E-state index in [1.54, 1.807) is 11.0 Å². The zero-order valence-corrected chi connectivity index (χ0v) is 9.08. The Bertz CT molecular complexity index is 351. The zero-order valence-electron chi connectivity index (χ0n) is 9.08. The van der Waals surface area contributed by atoms with Crippen molar-refractivity contribution in [2.75, 3.05) is 24.6 Å². The summed E-state index contributed by atoms with van der Waals surface area (Å²) in [5.41, 5.74) is 0. The van der Waals surface area contributed by atoms with Gasteiger partial charge < -0.3 is 19.8 Å². The maximum absolute atomic E-state index is 9.44. The minimum Gasteiger partial charge on any atom is -0.478 e. The summed E-state index contributed by atoms with van der Waals surface area (Å²) < 4.78 is 5.26. The van der Waals surface area contributed by atoms with Gasteiger partial charge in [0.25, 0.3) is 0 Å². The molecule has 2 unspecified atom stereocenters. The lowest BCUT2D eigenvalue weighted by Crippen LogP contribution is -2.22. The third-order valence-corrected chi connectivity index (χ3v) is 2.50. The summed E-state index contributed by atoms with van der Waals surface area (Å²) in [5, 5.41) is 18.9. The molecule has 2 N–H and O–H groups in total. The minimum absolute atomic E-state index is 0.379. The van der Waals surface area contributed by atoms with Crippen molar-refractivity contribution >= 4 is 5.82 Å². The van der Waals surface area contributed by atoms with Gasteiger partial charge in [0.1, 0.15) is 12.1 Å². The highest BCUT2D eigenvalue weighted by molar-refractivity contribution is 5.42. The van der Waals surface area contributed by atoms with Gasteiger partial charge in [-0.3, -0.25) is 0 Å². The molecule has 1 aliphatic rings. The second-order valence-electron chi connectivity index (χ2n) is 3.69. The van der Waals surface area contributed by atoms with Crippen LogP contribution in [0.1, 0.15) is 6.92 Å². The van der Waals surface area contributed by atoms with Gasteiger partial charge in [-0.25, -0.2) is 9.97 Å². The molecule has 0 bridgehead atoms. The maximum Gasteiger partial charge on any atom is 0.218 e. The molecule has 0 aromatic carbocycles. The Hall–Kier alpha value is -1.40. The van der Waals surface area contributed by atoms with Crippen molar-refractivity contribution in [1.82, 2.24) is 9.97 Å². The van der Waals surface area contributed by atoms with Gasteiger partial charge in [-0.05, 0) is 6.92 Å². The lowest BCUT2D eigenvalue weighted by atomic mass is 10.3. The topological polar surface area (TPSA) is 78.7 Å². The van der Waals surface area contributed by atoms with Gasteiger partial charge in [0.05, 0.1) is 18.8 Å². The van der Waals surface area contributed by atoms with E-state index in [9.17, 15) is 10.2 Å². The van der Waals surface area contributed by atoms with Crippen LogP contribution in [0.2, 0.25) is 0 Å². The number of β-amino-alcohol motifs (C(OH)–C–C–N with tert-alkyl or cyclic N) is 2. The highest BCUT2D eigenvalue weighted by atomic mass is 16.5. The molecule has 88 valence electrons. The summed E-state index contributed by atoms with van der Waals surface area (Å²) in [6.07, 6.45) is -0.0201. The second-order valence-corrected chi connectivity index (χ2v) is 3.69. The molecule has 2 heterocycles. The van der Waals surface area contributed by atoms with Crippen LogP contribution in [0.15, 0.2) is 12.4 Å². The fourth-order valence-electron chi connectivity index (χ4n) is 1.69. The quantitative estimate of drug-likeness (QED) is 0.716. The zero-order chi connectivity index (χ0) is 11.5. The average Bonchev–Trinajstić information content (AvgIpc) is 2.60. The van der Waals surface area contributed by atoms with Gasteiger partial charge in [-0.15, -0.1) is 0 Å². The molecule has 0 amide bonds. The van der Waals surface area contributed by atoms with E-state index in [1.165, 1.54) is 6.33 Å². The van der Waals surface area contributed by atoms with Crippen LogP contribution in [-0.2, 0) is 0 Å². The molecule has 1 aliphatic heterocycles. The molecule has 2 rings (SSSR count). The fourth-order valence-corrected chi connectivity index (χ4v) is 1.69. The molecule has 0 aliphatic carbocycles. The smallest absolute Gasteiger partial charge is 0.218 e. The molecule has 2 atom stereocenters. The van der Waals surface area contributed by atoms with Gasteiger partial charge in [0.15, 0.2) is 0 Å². The molecule has 6 heteroatoms. The predicted molar refractivity (Wildman–Crippen MR) is 57.4 cm³/mol. The van der Waals surface area contributed by atoms with Crippen LogP contribution in [0.5, 0.6) is 5.88 Å². The largest absolute Gasteiger partial charge is 0.478 e. The van der Waals surface area contributed by atoms with Crippen molar-refractivity contribution in [2.45, 2.75) is 19.1 Å². The van der Waals surface area contributed by atoms with E-state index in [0.29, 0.717) is 31.4 Å². The molecule has 1 aromatic heterocycles. The first-order valence-corrected chi connectivity index (χ1v) is 5.26. The van der Waals surface area contributed by atoms with E-state index in [0.717, 1.165) is 0 Å². The Morgan fingerprint density at radius 1 is 1.38 bits per heavy atom. The van der Waals surface area contributed by atoms with E-state index in [2.05, 4.69) is 9.97 Å². The summed E-state index contributed by atoms with van der Waals surface area (Å²) in [6, 6.07) is 1.70. The van der Waals surface area contributed by atoms with Crippen LogP contribution in [0.25, 0.3) is 0 Å². The first-order chi connectivity index (χ1) is 7.70. The number of hydrogen-bond donors (Lipinski definition) is 2. The number of rotatable bonds is 3. The van der Waals surface area contributed by atoms with Gasteiger partial charge in [-0.1, -0.05) is 0 Å². The van der Waals surface area contributed by atoms with Gasteiger partial charge in [0, 0.05) is 19.2 Å². The molecule has 0 radical (unpaired) electrons. The lowest BCUT2D eigenvalue weighted by molar-refractivity contribution is 0.0572. The second kappa shape index (κ2) is 4.63. The number of hydrogen-bond acceptors (Lipinski definition) is 6. The molecule has 1 aromatic rings. The normalized spacial score (nSPS) is 24.8. The fraction of sp³-hybridized carbons (Fsp3) is 0.600. The summed E-state index contributed by atoms with van der Waals surface area (Å²) in [4.78, 5) is 9.84. The van der Waals surface area contributed by atoms with E-state index in [1.807, 2.05) is 6.92 Å². The van der Waals surface area contributed by atoms with Crippen molar-refractivity contribution in [3.8, 4) is 5.88 Å². The minimum atomic E-state index is -0.717. The van der Waals surface area contributed by atoms with Gasteiger partial charge in [0.2, 0.25) is 5.88 Å². The van der Waals surface area contributed by atoms with Crippen molar-refractivity contribution in [2.24, 2.45) is 0 Å². The Morgan fingerprint density at radius 2 is 2.06 bits per heavy atom. The van der Waals surface area contributed by atoms with Crippen LogP contribution in [-0.4, -0.2) is 52.1 Å². The monoisotopic (exact) mass is 225 g/mol. The number of anilines is 1. The molecule has 1 saturated heterocycles. The summed E-state index contributed by atoms with van der Waals surface area (Å²) in [5.74, 6) is 1.16. The van der Waals surface area contributed by atoms with E-state index in [-0.39, 0.29) is 0 Å². The Labute approximate surface area is 93.5 Å². The first-order valence-electron chi connectivity index (χ1n) is 5.26. The molecule has 6 nitrogen and oxygen atoms in total. The van der Waals surface area contributed by atoms with Crippen LogP contribution in [0, 0.1) is 0 Å². The number of aliphatic hydroxyl groups is 2. The number of nitrogens with zero attached hydrogens (tertiary/aromatic N) is 3. The van der Waals surface area contributed by atoms with Gasteiger partial charge >= 0.3 is 0 Å². The van der Waals surface area contributed by atoms with Gasteiger partial charge in [-0.2, -0.15) is 0 Å². The molecular formula is C10H15N3O3. The summed E-state index contributed by atoms with van der Waals surface area (Å²) in [6.45, 7) is 3.18. The van der Waals surface area contributed by atoms with Crippen LogP contribution in [0.3, 0.4) is 0 Å². The Balaban J connectivity index is 2.12. The number of aromatic nitrogens is 2. The Morgan fingerprint density at radius 3 is 2.69 bits per heavy atom. The van der Waals surface area contributed by atoms with Crippen molar-refractivity contribution in [3.63, 3.8) is 0 Å². The molecular weight excluding hydrogens is 210 g/mol. The maximum atomic E-state index is 9.44. The third-order valence-electron chi connectivity index (χ3n) is 2.50. The van der Waals surface area contributed by atoms with Crippen molar-refractivity contribution in [3.05, 3.63) is 12.4 Å². The number of aliphatic hydroxyl groups excluding tert-OH is 2. The number of ether oxygens (including phenoxy) is 1. The van der Waals surface area contributed by atoms with Crippen LogP contribution >= 0.6 is 0 Å². The van der Waals surface area contributed by atoms with Crippen molar-refractivity contribution in [1.29, 1.82) is 0 Å². The highest BCUT2D eigenvalue weighted by Crippen LogP contribution is 2.20. The van der Waals surface area contributed by atoms with Crippen LogP contribution in [0.4, 0.5) is 5.82 Å². The summed E-state index contributed by atoms with van der Waals surface area (Å²) in [7, 11) is 0. The third kappa shape index (κ3) is 2.23. The molecule has 1 fully saturated rings.